The molecule has 2 heterocycles. The molecule has 4 rings (SSSR count). The van der Waals surface area contributed by atoms with Crippen molar-refractivity contribution in [3.63, 3.8) is 0 Å². The van der Waals surface area contributed by atoms with Crippen LogP contribution in [0.4, 0.5) is 0 Å². The van der Waals surface area contributed by atoms with Crippen LogP contribution in [0.5, 0.6) is 0 Å². The van der Waals surface area contributed by atoms with E-state index in [1.807, 2.05) is 49.4 Å². The fraction of sp³-hybridized carbons (Fsp3) is 0.100. The van der Waals surface area contributed by atoms with E-state index < -0.39 is 0 Å². The van der Waals surface area contributed by atoms with Gasteiger partial charge < -0.3 is 5.11 Å². The second-order valence-corrected chi connectivity index (χ2v) is 8.51. The third kappa shape index (κ3) is 3.98. The van der Waals surface area contributed by atoms with Crippen molar-refractivity contribution >= 4 is 50.5 Å². The Labute approximate surface area is 180 Å². The monoisotopic (exact) mass is 439 g/mol. The molecule has 9 heteroatoms. The zero-order chi connectivity index (χ0) is 20.4. The first-order valence-electron chi connectivity index (χ1n) is 8.54. The maximum atomic E-state index is 10.6. The van der Waals surface area contributed by atoms with Crippen LogP contribution in [0.1, 0.15) is 10.6 Å². The third-order valence-electron chi connectivity index (χ3n) is 4.20. The number of aromatic nitrogens is 4. The average molecular weight is 440 g/mol. The van der Waals surface area contributed by atoms with Gasteiger partial charge in [-0.25, -0.2) is 4.98 Å². The number of aliphatic hydroxyl groups is 1. The number of fused-ring (bicyclic) bond motifs is 1. The molecule has 0 saturated heterocycles. The minimum absolute atomic E-state index is 0.0481. The Hall–Kier alpha value is -2.86. The summed E-state index contributed by atoms with van der Waals surface area (Å²) in [6.45, 7) is 1.93. The predicted molar refractivity (Wildman–Crippen MR) is 117 cm³/mol. The number of hydrogen-bond acceptors (Lipinski definition) is 7. The molecule has 4 aromatic rings. The molecule has 0 spiro atoms. The lowest BCUT2D eigenvalue weighted by atomic mass is 10.2. The van der Waals surface area contributed by atoms with Crippen molar-refractivity contribution in [3.05, 3.63) is 70.1 Å². The summed E-state index contributed by atoms with van der Waals surface area (Å²) in [6.07, 6.45) is 1.59. The highest BCUT2D eigenvalue weighted by molar-refractivity contribution is 7.99. The molecular weight excluding hydrogens is 426 g/mol. The van der Waals surface area contributed by atoms with E-state index in [2.05, 4.69) is 21.3 Å². The van der Waals surface area contributed by atoms with Crippen molar-refractivity contribution in [2.24, 2.45) is 0 Å². The first-order valence-corrected chi connectivity index (χ1v) is 10.7. The molecule has 0 bridgehead atoms. The summed E-state index contributed by atoms with van der Waals surface area (Å²) in [6, 6.07) is 15.4. The molecule has 29 heavy (non-hydrogen) atoms. The van der Waals surface area contributed by atoms with E-state index >= 15 is 0 Å². The first-order chi connectivity index (χ1) is 14.1. The standard InChI is InChI=1S/C20H14ClN5OS2/c1-12-6-7-13(8-15(12)21)26-11-23-25-20(26)28-10-17(27)14(9-22)19-24-16-4-2-3-5-18(16)29-19/h2-8,11,27H,10H2,1H3/b17-14-. The van der Waals surface area contributed by atoms with E-state index in [1.165, 1.54) is 23.1 Å². The van der Waals surface area contributed by atoms with Gasteiger partial charge in [-0.1, -0.05) is 41.6 Å². The van der Waals surface area contributed by atoms with Crippen LogP contribution in [0.3, 0.4) is 0 Å². The van der Waals surface area contributed by atoms with Crippen molar-refractivity contribution in [1.82, 2.24) is 19.7 Å². The maximum Gasteiger partial charge on any atom is 0.196 e. The zero-order valence-corrected chi connectivity index (χ0v) is 17.6. The van der Waals surface area contributed by atoms with Gasteiger partial charge in [-0.15, -0.1) is 21.5 Å². The number of hydrogen-bond donors (Lipinski definition) is 1. The number of rotatable bonds is 5. The second-order valence-electron chi connectivity index (χ2n) is 6.13. The van der Waals surface area contributed by atoms with Gasteiger partial charge in [0.1, 0.15) is 28.7 Å². The molecule has 0 aliphatic rings. The Morgan fingerprint density at radius 2 is 2.14 bits per heavy atom. The number of para-hydroxylation sites is 1. The molecule has 6 nitrogen and oxygen atoms in total. The molecule has 0 amide bonds. The third-order valence-corrected chi connectivity index (χ3v) is 6.61. The first kappa shape index (κ1) is 19.5. The van der Waals surface area contributed by atoms with Crippen LogP contribution in [0.2, 0.25) is 5.02 Å². The fourth-order valence-electron chi connectivity index (χ4n) is 2.65. The van der Waals surface area contributed by atoms with Gasteiger partial charge in [-0.3, -0.25) is 4.57 Å². The van der Waals surface area contributed by atoms with Gasteiger partial charge in [0.25, 0.3) is 0 Å². The Morgan fingerprint density at radius 3 is 2.90 bits per heavy atom. The Bertz CT molecular complexity index is 1240. The number of nitriles is 1. The van der Waals surface area contributed by atoms with Gasteiger partial charge in [-0.05, 0) is 36.8 Å². The summed E-state index contributed by atoms with van der Waals surface area (Å²) >= 11 is 8.87. The molecule has 1 N–H and O–H groups in total. The fourth-order valence-corrected chi connectivity index (χ4v) is 4.62. The Kier molecular flexibility index (Phi) is 5.53. The van der Waals surface area contributed by atoms with Gasteiger partial charge in [-0.2, -0.15) is 5.26 Å². The van der Waals surface area contributed by atoms with Gasteiger partial charge in [0, 0.05) is 5.02 Å². The van der Waals surface area contributed by atoms with E-state index in [9.17, 15) is 10.4 Å². The van der Waals surface area contributed by atoms with Crippen LogP contribution in [-0.4, -0.2) is 30.6 Å². The molecule has 0 aliphatic heterocycles. The molecule has 0 radical (unpaired) electrons. The number of thiazole rings is 1. The molecule has 2 aromatic carbocycles. The largest absolute Gasteiger partial charge is 0.510 e. The maximum absolute atomic E-state index is 10.6. The van der Waals surface area contributed by atoms with Crippen molar-refractivity contribution in [3.8, 4) is 11.8 Å². The molecule has 0 saturated carbocycles. The average Bonchev–Trinajstić information content (AvgIpc) is 3.35. The predicted octanol–water partition coefficient (Wildman–Crippen LogP) is 5.42. The molecule has 0 atom stereocenters. The van der Waals surface area contributed by atoms with Crippen LogP contribution in [0.25, 0.3) is 21.5 Å². The van der Waals surface area contributed by atoms with Crippen molar-refractivity contribution in [2.45, 2.75) is 12.1 Å². The van der Waals surface area contributed by atoms with Gasteiger partial charge >= 0.3 is 0 Å². The summed E-state index contributed by atoms with van der Waals surface area (Å²) < 4.78 is 2.75. The number of aliphatic hydroxyl groups excluding tert-OH is 1. The highest BCUT2D eigenvalue weighted by Crippen LogP contribution is 2.30. The van der Waals surface area contributed by atoms with E-state index in [4.69, 9.17) is 11.6 Å². The van der Waals surface area contributed by atoms with Crippen molar-refractivity contribution < 1.29 is 5.11 Å². The highest BCUT2D eigenvalue weighted by Gasteiger charge is 2.16. The van der Waals surface area contributed by atoms with Crippen molar-refractivity contribution in [1.29, 1.82) is 5.26 Å². The van der Waals surface area contributed by atoms with Crippen LogP contribution in [0, 0.1) is 18.3 Å². The number of thioether (sulfide) groups is 1. The van der Waals surface area contributed by atoms with Gasteiger partial charge in [0.15, 0.2) is 5.16 Å². The van der Waals surface area contributed by atoms with Gasteiger partial charge in [0.2, 0.25) is 0 Å². The van der Waals surface area contributed by atoms with E-state index in [0.717, 1.165) is 21.5 Å². The molecule has 2 aromatic heterocycles. The zero-order valence-electron chi connectivity index (χ0n) is 15.2. The Morgan fingerprint density at radius 1 is 1.31 bits per heavy atom. The van der Waals surface area contributed by atoms with Crippen LogP contribution >= 0.6 is 34.7 Å². The van der Waals surface area contributed by atoms with E-state index in [0.29, 0.717) is 15.2 Å². The molecule has 144 valence electrons. The quantitative estimate of drug-likeness (QED) is 0.253. The number of aryl methyl sites for hydroxylation is 1. The highest BCUT2D eigenvalue weighted by atomic mass is 35.5. The van der Waals surface area contributed by atoms with Crippen LogP contribution in [0.15, 0.2) is 59.7 Å². The van der Waals surface area contributed by atoms with Crippen LogP contribution in [-0.2, 0) is 0 Å². The van der Waals surface area contributed by atoms with E-state index in [1.54, 1.807) is 10.9 Å². The summed E-state index contributed by atoms with van der Waals surface area (Å²) in [5.74, 6) is 0.116. The smallest absolute Gasteiger partial charge is 0.196 e. The lowest BCUT2D eigenvalue weighted by Gasteiger charge is -2.08. The minimum Gasteiger partial charge on any atom is -0.510 e. The number of allylic oxidation sites excluding steroid dienone is 1. The Balaban J connectivity index is 1.59. The number of nitrogens with zero attached hydrogens (tertiary/aromatic N) is 5. The van der Waals surface area contributed by atoms with Crippen LogP contribution < -0.4 is 0 Å². The summed E-state index contributed by atoms with van der Waals surface area (Å²) in [5.41, 5.74) is 2.77. The normalized spacial score (nSPS) is 12.0. The van der Waals surface area contributed by atoms with Gasteiger partial charge in [0.05, 0.1) is 21.7 Å². The SMILES string of the molecule is Cc1ccc(-n2cnnc2SC/C(O)=C(\C#N)c2nc3ccccc3s2)cc1Cl. The number of halogens is 1. The molecule has 0 fully saturated rings. The lowest BCUT2D eigenvalue weighted by Crippen LogP contribution is -1.98. The minimum atomic E-state index is -0.0481. The topological polar surface area (TPSA) is 87.6 Å². The summed E-state index contributed by atoms with van der Waals surface area (Å²) in [7, 11) is 0. The van der Waals surface area contributed by atoms with E-state index in [-0.39, 0.29) is 17.1 Å². The lowest BCUT2D eigenvalue weighted by molar-refractivity contribution is 0.420. The molecule has 0 aliphatic carbocycles. The number of benzene rings is 2. The summed E-state index contributed by atoms with van der Waals surface area (Å²) in [4.78, 5) is 4.45. The molecular formula is C20H14ClN5OS2. The van der Waals surface area contributed by atoms with Crippen molar-refractivity contribution in [2.75, 3.05) is 5.75 Å². The second kappa shape index (κ2) is 8.25. The molecule has 0 unspecified atom stereocenters. The summed E-state index contributed by atoms with van der Waals surface area (Å²) in [5, 5.41) is 29.9.